The molecule has 0 aliphatic carbocycles. The zero-order valence-corrected chi connectivity index (χ0v) is 8.08. The van der Waals surface area contributed by atoms with E-state index in [1.54, 1.807) is 12.3 Å². The zero-order valence-electron chi connectivity index (χ0n) is 8.08. The highest BCUT2D eigenvalue weighted by atomic mass is 16.5. The molecule has 0 spiro atoms. The predicted octanol–water partition coefficient (Wildman–Crippen LogP) is 1.96. The van der Waals surface area contributed by atoms with E-state index in [1.165, 1.54) is 0 Å². The molecule has 0 bridgehead atoms. The van der Waals surface area contributed by atoms with Crippen molar-refractivity contribution in [1.82, 2.24) is 9.97 Å². The third-order valence-electron chi connectivity index (χ3n) is 1.74. The number of ether oxygens (including phenoxy) is 1. The predicted molar refractivity (Wildman–Crippen MR) is 52.2 cm³/mol. The summed E-state index contributed by atoms with van der Waals surface area (Å²) < 4.78 is 5.27. The Hall–Kier alpha value is -1.22. The van der Waals surface area contributed by atoms with Gasteiger partial charge in [0.1, 0.15) is 0 Å². The first-order valence-electron chi connectivity index (χ1n) is 4.30. The molecule has 0 N–H and O–H groups in total. The number of aryl methyl sites for hydroxylation is 1. The molecule has 3 heteroatoms. The fourth-order valence-electron chi connectivity index (χ4n) is 0.962. The summed E-state index contributed by atoms with van der Waals surface area (Å²) in [7, 11) is 0. The van der Waals surface area contributed by atoms with Crippen LogP contribution in [0.25, 0.3) is 6.08 Å². The minimum Gasteiger partial charge on any atom is -0.377 e. The minimum absolute atomic E-state index is 0.583. The number of rotatable bonds is 4. The Balaban J connectivity index is 2.79. The zero-order chi connectivity index (χ0) is 9.68. The van der Waals surface area contributed by atoms with Crippen molar-refractivity contribution in [3.05, 3.63) is 29.9 Å². The van der Waals surface area contributed by atoms with E-state index in [-0.39, 0.29) is 0 Å². The SMILES string of the molecule is C=Cc1ncc(COCC)c(C)n1. The van der Waals surface area contributed by atoms with Crippen molar-refractivity contribution in [3.63, 3.8) is 0 Å². The molecule has 13 heavy (non-hydrogen) atoms. The number of nitrogens with zero attached hydrogens (tertiary/aromatic N) is 2. The molecule has 0 unspecified atom stereocenters. The van der Waals surface area contributed by atoms with Gasteiger partial charge >= 0.3 is 0 Å². The van der Waals surface area contributed by atoms with E-state index >= 15 is 0 Å². The molecule has 0 aromatic carbocycles. The van der Waals surface area contributed by atoms with Gasteiger partial charge in [-0.05, 0) is 19.9 Å². The van der Waals surface area contributed by atoms with Crippen molar-refractivity contribution in [2.75, 3.05) is 6.61 Å². The normalized spacial score (nSPS) is 10.0. The van der Waals surface area contributed by atoms with Crippen LogP contribution in [0, 0.1) is 6.92 Å². The van der Waals surface area contributed by atoms with Crippen LogP contribution in [0.15, 0.2) is 12.8 Å². The van der Waals surface area contributed by atoms with Crippen molar-refractivity contribution in [2.45, 2.75) is 20.5 Å². The molecular formula is C10H14N2O. The van der Waals surface area contributed by atoms with E-state index in [0.717, 1.165) is 11.3 Å². The number of aromatic nitrogens is 2. The van der Waals surface area contributed by atoms with E-state index in [0.29, 0.717) is 19.0 Å². The first kappa shape index (κ1) is 9.86. The van der Waals surface area contributed by atoms with Crippen molar-refractivity contribution in [2.24, 2.45) is 0 Å². The largest absolute Gasteiger partial charge is 0.377 e. The van der Waals surface area contributed by atoms with Crippen LogP contribution in [0.1, 0.15) is 24.0 Å². The van der Waals surface area contributed by atoms with Gasteiger partial charge in [-0.1, -0.05) is 6.58 Å². The highest BCUT2D eigenvalue weighted by Gasteiger charge is 2.00. The lowest BCUT2D eigenvalue weighted by molar-refractivity contribution is 0.133. The van der Waals surface area contributed by atoms with Crippen LogP contribution in [0.2, 0.25) is 0 Å². The molecule has 0 aliphatic heterocycles. The second-order valence-electron chi connectivity index (χ2n) is 2.68. The van der Waals surface area contributed by atoms with Gasteiger partial charge in [-0.25, -0.2) is 9.97 Å². The summed E-state index contributed by atoms with van der Waals surface area (Å²) in [5.74, 6) is 0.665. The Labute approximate surface area is 78.5 Å². The molecule has 0 amide bonds. The second kappa shape index (κ2) is 4.72. The molecule has 0 saturated carbocycles. The topological polar surface area (TPSA) is 35.0 Å². The molecule has 0 atom stereocenters. The van der Waals surface area contributed by atoms with Crippen molar-refractivity contribution in [1.29, 1.82) is 0 Å². The monoisotopic (exact) mass is 178 g/mol. The van der Waals surface area contributed by atoms with Gasteiger partial charge < -0.3 is 4.74 Å². The molecule has 1 rings (SSSR count). The smallest absolute Gasteiger partial charge is 0.151 e. The first-order chi connectivity index (χ1) is 6.27. The van der Waals surface area contributed by atoms with Gasteiger partial charge in [-0.2, -0.15) is 0 Å². The van der Waals surface area contributed by atoms with E-state index in [4.69, 9.17) is 4.74 Å². The fourth-order valence-corrected chi connectivity index (χ4v) is 0.962. The molecular weight excluding hydrogens is 164 g/mol. The molecule has 3 nitrogen and oxygen atoms in total. The van der Waals surface area contributed by atoms with E-state index in [2.05, 4.69) is 16.5 Å². The lowest BCUT2D eigenvalue weighted by atomic mass is 10.2. The lowest BCUT2D eigenvalue weighted by Crippen LogP contribution is -2.00. The van der Waals surface area contributed by atoms with Gasteiger partial charge in [0, 0.05) is 24.1 Å². The molecule has 1 aromatic rings. The van der Waals surface area contributed by atoms with Crippen molar-refractivity contribution in [3.8, 4) is 0 Å². The molecule has 0 saturated heterocycles. The molecule has 0 fully saturated rings. The Morgan fingerprint density at radius 3 is 2.92 bits per heavy atom. The molecule has 0 radical (unpaired) electrons. The van der Waals surface area contributed by atoms with E-state index in [1.807, 2.05) is 13.8 Å². The fraction of sp³-hybridized carbons (Fsp3) is 0.400. The summed E-state index contributed by atoms with van der Waals surface area (Å²) in [5.41, 5.74) is 1.99. The van der Waals surface area contributed by atoms with E-state index < -0.39 is 0 Å². The van der Waals surface area contributed by atoms with Crippen LogP contribution in [0.4, 0.5) is 0 Å². The summed E-state index contributed by atoms with van der Waals surface area (Å²) in [6, 6.07) is 0. The third-order valence-corrected chi connectivity index (χ3v) is 1.74. The number of hydrogen-bond donors (Lipinski definition) is 0. The maximum absolute atomic E-state index is 5.27. The highest BCUT2D eigenvalue weighted by Crippen LogP contribution is 2.05. The maximum atomic E-state index is 5.27. The van der Waals surface area contributed by atoms with Crippen LogP contribution < -0.4 is 0 Å². The van der Waals surface area contributed by atoms with Crippen LogP contribution in [-0.2, 0) is 11.3 Å². The Morgan fingerprint density at radius 1 is 1.62 bits per heavy atom. The van der Waals surface area contributed by atoms with Gasteiger partial charge in [0.05, 0.1) is 6.61 Å². The summed E-state index contributed by atoms with van der Waals surface area (Å²) in [5, 5.41) is 0. The van der Waals surface area contributed by atoms with Crippen LogP contribution in [0.5, 0.6) is 0 Å². The number of hydrogen-bond acceptors (Lipinski definition) is 3. The van der Waals surface area contributed by atoms with Crippen LogP contribution in [-0.4, -0.2) is 16.6 Å². The van der Waals surface area contributed by atoms with Crippen LogP contribution in [0.3, 0.4) is 0 Å². The minimum atomic E-state index is 0.583. The second-order valence-corrected chi connectivity index (χ2v) is 2.68. The van der Waals surface area contributed by atoms with Crippen molar-refractivity contribution < 1.29 is 4.74 Å². The van der Waals surface area contributed by atoms with Crippen LogP contribution >= 0.6 is 0 Å². The van der Waals surface area contributed by atoms with Gasteiger partial charge in [0.25, 0.3) is 0 Å². The Bertz CT molecular complexity index is 297. The quantitative estimate of drug-likeness (QED) is 0.707. The molecule has 1 heterocycles. The van der Waals surface area contributed by atoms with E-state index in [9.17, 15) is 0 Å². The Kier molecular flexibility index (Phi) is 3.58. The average Bonchev–Trinajstić information content (AvgIpc) is 2.16. The Morgan fingerprint density at radius 2 is 2.38 bits per heavy atom. The summed E-state index contributed by atoms with van der Waals surface area (Å²) >= 11 is 0. The summed E-state index contributed by atoms with van der Waals surface area (Å²) in [4.78, 5) is 8.34. The third kappa shape index (κ3) is 2.63. The standard InChI is InChI=1S/C10H14N2O/c1-4-10-11-6-9(7-13-5-2)8(3)12-10/h4,6H,1,5,7H2,2-3H3. The molecule has 1 aromatic heterocycles. The van der Waals surface area contributed by atoms with Gasteiger partial charge in [-0.3, -0.25) is 0 Å². The molecule has 0 aliphatic rings. The van der Waals surface area contributed by atoms with Gasteiger partial charge in [-0.15, -0.1) is 0 Å². The molecule has 70 valence electrons. The lowest BCUT2D eigenvalue weighted by Gasteiger charge is -2.04. The van der Waals surface area contributed by atoms with Gasteiger partial charge in [0.15, 0.2) is 5.82 Å². The first-order valence-corrected chi connectivity index (χ1v) is 4.30. The summed E-state index contributed by atoms with van der Waals surface area (Å²) in [6.07, 6.45) is 3.42. The van der Waals surface area contributed by atoms with Gasteiger partial charge in [0.2, 0.25) is 0 Å². The van der Waals surface area contributed by atoms with Crippen molar-refractivity contribution >= 4 is 6.08 Å². The average molecular weight is 178 g/mol. The summed E-state index contributed by atoms with van der Waals surface area (Å²) in [6.45, 7) is 8.82. The maximum Gasteiger partial charge on any atom is 0.151 e. The highest BCUT2D eigenvalue weighted by molar-refractivity contribution is 5.36.